The lowest BCUT2D eigenvalue weighted by Gasteiger charge is -2.25. The van der Waals surface area contributed by atoms with E-state index in [9.17, 15) is 19.2 Å². The summed E-state index contributed by atoms with van der Waals surface area (Å²) in [6.07, 6.45) is 3.04. The van der Waals surface area contributed by atoms with Gasteiger partial charge >= 0.3 is 0 Å². The molecule has 0 spiro atoms. The van der Waals surface area contributed by atoms with Crippen molar-refractivity contribution in [2.45, 2.75) is 31.3 Å². The number of amides is 4. The quantitative estimate of drug-likeness (QED) is 0.178. The summed E-state index contributed by atoms with van der Waals surface area (Å²) in [4.78, 5) is 56.3. The Hall–Kier alpha value is -5.90. The smallest absolute Gasteiger partial charge is 0.249 e. The molecule has 0 heterocycles. The molecule has 10 nitrogen and oxygen atoms in total. The highest BCUT2D eigenvalue weighted by Gasteiger charge is 2.26. The van der Waals surface area contributed by atoms with E-state index in [0.717, 1.165) is 11.1 Å². The molecule has 254 valence electrons. The molecule has 4 aromatic carbocycles. The predicted molar refractivity (Wildman–Crippen MR) is 191 cm³/mol. The monoisotopic (exact) mass is 662 g/mol. The minimum Gasteiger partial charge on any atom is -0.497 e. The van der Waals surface area contributed by atoms with Gasteiger partial charge in [0.25, 0.3) is 0 Å². The Morgan fingerprint density at radius 1 is 0.612 bits per heavy atom. The van der Waals surface area contributed by atoms with Crippen LogP contribution in [0.1, 0.15) is 17.5 Å². The van der Waals surface area contributed by atoms with E-state index in [0.29, 0.717) is 22.9 Å². The van der Waals surface area contributed by atoms with Crippen molar-refractivity contribution in [2.75, 3.05) is 38.1 Å². The van der Waals surface area contributed by atoms with E-state index in [4.69, 9.17) is 9.47 Å². The number of nitrogens with zero attached hydrogens (tertiary/aromatic N) is 2. The molecule has 1 unspecified atom stereocenters. The molecule has 0 aromatic heterocycles. The van der Waals surface area contributed by atoms with E-state index in [1.807, 2.05) is 60.7 Å². The van der Waals surface area contributed by atoms with Crippen molar-refractivity contribution in [3.8, 4) is 11.5 Å². The zero-order valence-corrected chi connectivity index (χ0v) is 28.2. The van der Waals surface area contributed by atoms with Gasteiger partial charge in [0.05, 0.1) is 14.2 Å². The van der Waals surface area contributed by atoms with Crippen LogP contribution in [-0.4, -0.2) is 64.0 Å². The molecule has 0 saturated carbocycles. The van der Waals surface area contributed by atoms with Crippen LogP contribution in [0.15, 0.2) is 121 Å². The third kappa shape index (κ3) is 10.6. The minimum atomic E-state index is -0.873. The average Bonchev–Trinajstić information content (AvgIpc) is 3.14. The van der Waals surface area contributed by atoms with Crippen LogP contribution >= 0.6 is 0 Å². The van der Waals surface area contributed by atoms with E-state index < -0.39 is 23.9 Å². The van der Waals surface area contributed by atoms with Crippen LogP contribution in [0.25, 0.3) is 0 Å². The summed E-state index contributed by atoms with van der Waals surface area (Å²) in [5.74, 6) is -0.245. The van der Waals surface area contributed by atoms with Crippen molar-refractivity contribution in [2.24, 2.45) is 0 Å². The number of methoxy groups -OCH3 is 2. The third-order valence-corrected chi connectivity index (χ3v) is 7.97. The van der Waals surface area contributed by atoms with Crippen LogP contribution < -0.4 is 29.9 Å². The van der Waals surface area contributed by atoms with Crippen molar-refractivity contribution < 1.29 is 28.7 Å². The standard InChI is InChI=1S/C39H42N4O6/c1-42(30-18-22-32(48-3)23-19-30)38(46)34(26-28-12-7-5-8-13-28)40-36(44)16-11-17-37(45)41-35(27-29-14-9-6-10-15-29)39(47)43(2)31-20-24-33(49-4)25-21-31/h5-16,18-25,34-35H,17,26-27H2,1-4H3,(H,40,44)(H,41,45)/b16-11+/t34-,35?/m0/s1. The Balaban J connectivity index is 1.42. The second kappa shape index (κ2) is 17.9. The summed E-state index contributed by atoms with van der Waals surface area (Å²) in [7, 11) is 6.43. The van der Waals surface area contributed by atoms with E-state index in [-0.39, 0.29) is 31.1 Å². The van der Waals surface area contributed by atoms with Gasteiger partial charge in [-0.05, 0) is 65.7 Å². The van der Waals surface area contributed by atoms with Gasteiger partial charge in [0.15, 0.2) is 0 Å². The third-order valence-electron chi connectivity index (χ3n) is 7.97. The number of carbonyl (C=O) groups is 4. The predicted octanol–water partition coefficient (Wildman–Crippen LogP) is 4.73. The Morgan fingerprint density at radius 3 is 1.43 bits per heavy atom. The number of benzene rings is 4. The first-order valence-electron chi connectivity index (χ1n) is 15.9. The fourth-order valence-electron chi connectivity index (χ4n) is 5.18. The maximum absolute atomic E-state index is 13.6. The van der Waals surface area contributed by atoms with Gasteiger partial charge in [-0.3, -0.25) is 19.2 Å². The summed E-state index contributed by atoms with van der Waals surface area (Å²) >= 11 is 0. The van der Waals surface area contributed by atoms with Gasteiger partial charge in [-0.25, -0.2) is 0 Å². The number of nitrogens with one attached hydrogen (secondary N) is 2. The van der Waals surface area contributed by atoms with Crippen LogP contribution in [0.4, 0.5) is 11.4 Å². The van der Waals surface area contributed by atoms with Crippen molar-refractivity contribution in [3.63, 3.8) is 0 Å². The normalized spacial score (nSPS) is 12.0. The molecule has 49 heavy (non-hydrogen) atoms. The lowest BCUT2D eigenvalue weighted by molar-refractivity contribution is -0.127. The van der Waals surface area contributed by atoms with Crippen molar-refractivity contribution in [1.82, 2.24) is 10.6 Å². The second-order valence-corrected chi connectivity index (χ2v) is 11.4. The first-order chi connectivity index (χ1) is 23.7. The van der Waals surface area contributed by atoms with Crippen molar-refractivity contribution >= 4 is 35.0 Å². The largest absolute Gasteiger partial charge is 0.497 e. The highest BCUT2D eigenvalue weighted by Crippen LogP contribution is 2.21. The Bertz CT molecular complexity index is 1710. The molecule has 2 atom stereocenters. The highest BCUT2D eigenvalue weighted by molar-refractivity contribution is 6.01. The fourth-order valence-corrected chi connectivity index (χ4v) is 5.18. The average molecular weight is 663 g/mol. The van der Waals surface area contributed by atoms with Gasteiger partial charge < -0.3 is 29.9 Å². The van der Waals surface area contributed by atoms with E-state index in [1.54, 1.807) is 76.8 Å². The Morgan fingerprint density at radius 2 is 1.02 bits per heavy atom. The molecule has 10 heteroatoms. The molecule has 0 bridgehead atoms. The topological polar surface area (TPSA) is 117 Å². The fraction of sp³-hybridized carbons (Fsp3) is 0.231. The number of rotatable bonds is 15. The molecule has 4 aromatic rings. The van der Waals surface area contributed by atoms with Gasteiger partial charge in [-0.2, -0.15) is 0 Å². The molecule has 0 saturated heterocycles. The van der Waals surface area contributed by atoms with Crippen molar-refractivity contribution in [1.29, 1.82) is 0 Å². The van der Waals surface area contributed by atoms with Crippen LogP contribution in [0.5, 0.6) is 11.5 Å². The van der Waals surface area contributed by atoms with E-state index >= 15 is 0 Å². The van der Waals surface area contributed by atoms with Crippen LogP contribution in [-0.2, 0) is 32.0 Å². The molecule has 0 aliphatic carbocycles. The number of hydrogen-bond acceptors (Lipinski definition) is 6. The van der Waals surface area contributed by atoms with Crippen LogP contribution in [0.3, 0.4) is 0 Å². The lowest BCUT2D eigenvalue weighted by atomic mass is 10.0. The van der Waals surface area contributed by atoms with E-state index in [2.05, 4.69) is 10.6 Å². The maximum atomic E-state index is 13.6. The molecular weight excluding hydrogens is 620 g/mol. The highest BCUT2D eigenvalue weighted by atomic mass is 16.5. The van der Waals surface area contributed by atoms with Crippen LogP contribution in [0.2, 0.25) is 0 Å². The second-order valence-electron chi connectivity index (χ2n) is 11.4. The van der Waals surface area contributed by atoms with Gasteiger partial charge in [0.2, 0.25) is 23.6 Å². The van der Waals surface area contributed by atoms with E-state index in [1.165, 1.54) is 22.0 Å². The lowest BCUT2D eigenvalue weighted by Crippen LogP contribution is -2.49. The molecule has 0 aliphatic rings. The van der Waals surface area contributed by atoms with Crippen LogP contribution in [0, 0.1) is 0 Å². The SMILES string of the molecule is COc1ccc(N(C)C(=O)C(Cc2ccccc2)NC(=O)C/C=C/C(=O)N[C@@H](Cc2ccccc2)C(=O)N(C)c2ccc(OC)cc2)cc1. The maximum Gasteiger partial charge on any atom is 0.249 e. The molecule has 4 amide bonds. The molecule has 0 fully saturated rings. The summed E-state index contributed by atoms with van der Waals surface area (Å²) in [6.45, 7) is 0. The number of hydrogen-bond donors (Lipinski definition) is 2. The molecular formula is C39H42N4O6. The van der Waals surface area contributed by atoms with Gasteiger partial charge in [0, 0.05) is 44.7 Å². The van der Waals surface area contributed by atoms with Crippen molar-refractivity contribution in [3.05, 3.63) is 132 Å². The van der Waals surface area contributed by atoms with Gasteiger partial charge in [0.1, 0.15) is 23.6 Å². The first kappa shape index (κ1) is 35.9. The zero-order chi connectivity index (χ0) is 35.2. The summed E-state index contributed by atoms with van der Waals surface area (Å²) in [6, 6.07) is 31.2. The molecule has 4 rings (SSSR count). The number of likely N-dealkylation sites (N-methyl/N-ethyl adjacent to an activating group) is 2. The number of carbonyl (C=O) groups excluding carboxylic acids is 4. The van der Waals surface area contributed by atoms with Gasteiger partial charge in [-0.15, -0.1) is 0 Å². The number of ether oxygens (including phenoxy) is 2. The molecule has 0 aliphatic heterocycles. The minimum absolute atomic E-state index is 0.151. The summed E-state index contributed by atoms with van der Waals surface area (Å²) in [5.41, 5.74) is 3.05. The molecule has 2 N–H and O–H groups in total. The first-order valence-corrected chi connectivity index (χ1v) is 15.9. The molecule has 0 radical (unpaired) electrons. The van der Waals surface area contributed by atoms with Gasteiger partial charge in [-0.1, -0.05) is 66.7 Å². The summed E-state index contributed by atoms with van der Waals surface area (Å²) in [5, 5.41) is 5.64. The Kier molecular flexibility index (Phi) is 13.1. The number of anilines is 2. The zero-order valence-electron chi connectivity index (χ0n) is 28.2. The Labute approximate surface area is 287 Å². The summed E-state index contributed by atoms with van der Waals surface area (Å²) < 4.78 is 10.4.